The van der Waals surface area contributed by atoms with Crippen LogP contribution in [0.25, 0.3) is 0 Å². The first-order valence-corrected chi connectivity index (χ1v) is 9.24. The summed E-state index contributed by atoms with van der Waals surface area (Å²) in [5.74, 6) is 0.137. The molecule has 0 spiro atoms. The molecule has 0 aromatic heterocycles. The Balaban J connectivity index is 1.81. The fourth-order valence-electron chi connectivity index (χ4n) is 2.59. The van der Waals surface area contributed by atoms with Crippen LogP contribution in [0.1, 0.15) is 11.1 Å². The van der Waals surface area contributed by atoms with Crippen molar-refractivity contribution >= 4 is 45.6 Å². The Kier molecular flexibility index (Phi) is 5.45. The molecule has 0 radical (unpaired) electrons. The van der Waals surface area contributed by atoms with Crippen molar-refractivity contribution in [2.75, 3.05) is 6.61 Å². The number of carbonyl (C=O) groups is 1. The Morgan fingerprint density at radius 3 is 2.84 bits per heavy atom. The number of carbonyl (C=O) groups excluding carboxylic acids is 1. The molecule has 1 unspecified atom stereocenters. The van der Waals surface area contributed by atoms with E-state index in [2.05, 4.69) is 12.3 Å². The van der Waals surface area contributed by atoms with E-state index in [0.717, 1.165) is 16.0 Å². The number of halogens is 1. The van der Waals surface area contributed by atoms with Crippen molar-refractivity contribution in [1.82, 2.24) is 0 Å². The third kappa shape index (κ3) is 3.73. The highest BCUT2D eigenvalue weighted by molar-refractivity contribution is 8.14. The van der Waals surface area contributed by atoms with E-state index in [1.807, 2.05) is 37.3 Å². The lowest BCUT2D eigenvalue weighted by molar-refractivity contribution is -0.112. The lowest BCUT2D eigenvalue weighted by atomic mass is 9.92. The SMILES string of the molecule is C=C=C(COc1ccc(Cl)c(C)c1)C1C(=O)Sc2ccccc2C1=S. The molecule has 1 aliphatic heterocycles. The number of thioether (sulfide) groups is 1. The van der Waals surface area contributed by atoms with Gasteiger partial charge in [-0.1, -0.05) is 60.4 Å². The Hall–Kier alpha value is -1.84. The maximum atomic E-state index is 12.6. The second kappa shape index (κ2) is 7.59. The van der Waals surface area contributed by atoms with Crippen molar-refractivity contribution in [2.24, 2.45) is 5.92 Å². The van der Waals surface area contributed by atoms with Crippen molar-refractivity contribution in [3.63, 3.8) is 0 Å². The number of rotatable bonds is 4. The minimum atomic E-state index is -0.541. The molecule has 0 amide bonds. The van der Waals surface area contributed by atoms with Gasteiger partial charge in [0.2, 0.25) is 5.12 Å². The molecule has 0 fully saturated rings. The molecule has 5 heteroatoms. The normalized spacial score (nSPS) is 16.2. The second-order valence-corrected chi connectivity index (χ2v) is 7.51. The Labute approximate surface area is 161 Å². The van der Waals surface area contributed by atoms with Crippen LogP contribution in [-0.4, -0.2) is 16.6 Å². The van der Waals surface area contributed by atoms with Crippen LogP contribution >= 0.6 is 35.6 Å². The van der Waals surface area contributed by atoms with Gasteiger partial charge in [0.15, 0.2) is 0 Å². The Bertz CT molecular complexity index is 914. The molecule has 126 valence electrons. The van der Waals surface area contributed by atoms with Crippen molar-refractivity contribution in [1.29, 1.82) is 0 Å². The second-order valence-electron chi connectivity index (χ2n) is 5.62. The molecule has 0 saturated heterocycles. The molecule has 2 nitrogen and oxygen atoms in total. The fourth-order valence-corrected chi connectivity index (χ4v) is 4.31. The number of fused-ring (bicyclic) bond motifs is 1. The van der Waals surface area contributed by atoms with Gasteiger partial charge in [-0.05, 0) is 36.8 Å². The minimum Gasteiger partial charge on any atom is -0.489 e. The maximum Gasteiger partial charge on any atom is 0.206 e. The van der Waals surface area contributed by atoms with Gasteiger partial charge >= 0.3 is 0 Å². The van der Waals surface area contributed by atoms with Crippen LogP contribution in [0.4, 0.5) is 0 Å². The van der Waals surface area contributed by atoms with Crippen molar-refractivity contribution < 1.29 is 9.53 Å². The summed E-state index contributed by atoms with van der Waals surface area (Å²) in [7, 11) is 0. The summed E-state index contributed by atoms with van der Waals surface area (Å²) >= 11 is 12.8. The van der Waals surface area contributed by atoms with Gasteiger partial charge < -0.3 is 4.74 Å². The molecule has 0 saturated carbocycles. The van der Waals surface area contributed by atoms with Crippen LogP contribution in [0.3, 0.4) is 0 Å². The van der Waals surface area contributed by atoms with E-state index in [0.29, 0.717) is 21.2 Å². The number of hydrogen-bond donors (Lipinski definition) is 0. The van der Waals surface area contributed by atoms with Gasteiger partial charge in [-0.3, -0.25) is 4.79 Å². The van der Waals surface area contributed by atoms with Gasteiger partial charge in [-0.25, -0.2) is 0 Å². The first-order valence-electron chi connectivity index (χ1n) is 7.64. The van der Waals surface area contributed by atoms with Gasteiger partial charge in [0.25, 0.3) is 0 Å². The third-order valence-corrected chi connectivity index (χ3v) is 5.85. The lowest BCUT2D eigenvalue weighted by Crippen LogP contribution is -2.29. The van der Waals surface area contributed by atoms with Crippen LogP contribution in [-0.2, 0) is 4.79 Å². The number of benzene rings is 2. The Morgan fingerprint density at radius 2 is 2.12 bits per heavy atom. The largest absolute Gasteiger partial charge is 0.489 e. The average molecular weight is 387 g/mol. The van der Waals surface area contributed by atoms with Crippen LogP contribution < -0.4 is 4.74 Å². The topological polar surface area (TPSA) is 26.3 Å². The van der Waals surface area contributed by atoms with Crippen molar-refractivity contribution in [3.8, 4) is 5.75 Å². The van der Waals surface area contributed by atoms with E-state index in [1.54, 1.807) is 12.1 Å². The van der Waals surface area contributed by atoms with Crippen LogP contribution in [0, 0.1) is 12.8 Å². The molecular weight excluding hydrogens is 372 g/mol. The van der Waals surface area contributed by atoms with E-state index < -0.39 is 5.92 Å². The minimum absolute atomic E-state index is 0.0225. The van der Waals surface area contributed by atoms with Gasteiger partial charge in [-0.2, -0.15) is 0 Å². The zero-order valence-corrected chi connectivity index (χ0v) is 15.9. The van der Waals surface area contributed by atoms with Gasteiger partial charge in [0.1, 0.15) is 12.4 Å². The smallest absolute Gasteiger partial charge is 0.206 e. The molecule has 1 heterocycles. The highest BCUT2D eigenvalue weighted by atomic mass is 35.5. The van der Waals surface area contributed by atoms with Gasteiger partial charge in [0, 0.05) is 25.9 Å². The molecular formula is C20H15ClO2S2. The molecule has 0 N–H and O–H groups in total. The van der Waals surface area contributed by atoms with E-state index in [-0.39, 0.29) is 11.7 Å². The summed E-state index contributed by atoms with van der Waals surface area (Å²) in [6.45, 7) is 5.83. The zero-order chi connectivity index (χ0) is 18.0. The monoisotopic (exact) mass is 386 g/mol. The van der Waals surface area contributed by atoms with E-state index in [4.69, 9.17) is 28.6 Å². The average Bonchev–Trinajstić information content (AvgIpc) is 2.60. The predicted octanol–water partition coefficient (Wildman–Crippen LogP) is 5.41. The molecule has 2 aromatic rings. The van der Waals surface area contributed by atoms with Crippen LogP contribution in [0.15, 0.2) is 65.2 Å². The number of ether oxygens (including phenoxy) is 1. The van der Waals surface area contributed by atoms with Crippen LogP contribution in [0.5, 0.6) is 5.75 Å². The maximum absolute atomic E-state index is 12.6. The molecule has 0 aliphatic carbocycles. The van der Waals surface area contributed by atoms with E-state index >= 15 is 0 Å². The van der Waals surface area contributed by atoms with Gasteiger partial charge in [0.05, 0.1) is 5.92 Å². The molecule has 0 bridgehead atoms. The summed E-state index contributed by atoms with van der Waals surface area (Å²) in [5.41, 5.74) is 5.34. The van der Waals surface area contributed by atoms with E-state index in [1.165, 1.54) is 11.8 Å². The number of aryl methyl sites for hydroxylation is 1. The lowest BCUT2D eigenvalue weighted by Gasteiger charge is -2.25. The van der Waals surface area contributed by atoms with Crippen molar-refractivity contribution in [2.45, 2.75) is 11.8 Å². The first kappa shape index (κ1) is 18.0. The highest BCUT2D eigenvalue weighted by Crippen LogP contribution is 2.37. The quantitative estimate of drug-likeness (QED) is 0.518. The summed E-state index contributed by atoms with van der Waals surface area (Å²) in [4.78, 5) is 14.1. The molecule has 2 aromatic carbocycles. The Morgan fingerprint density at radius 1 is 1.36 bits per heavy atom. The van der Waals surface area contributed by atoms with E-state index in [9.17, 15) is 4.79 Å². The summed E-state index contributed by atoms with van der Waals surface area (Å²) < 4.78 is 5.81. The van der Waals surface area contributed by atoms with Gasteiger partial charge in [-0.15, -0.1) is 5.73 Å². The number of hydrogen-bond acceptors (Lipinski definition) is 4. The summed E-state index contributed by atoms with van der Waals surface area (Å²) in [5, 5.41) is 0.661. The molecule has 25 heavy (non-hydrogen) atoms. The summed E-state index contributed by atoms with van der Waals surface area (Å²) in [6.07, 6.45) is 0. The standard InChI is InChI=1S/C20H15ClO2S2/c1-3-13(11-23-14-8-9-16(21)12(2)10-14)18-19(24)15-6-4-5-7-17(15)25-20(18)22/h4-10,18H,1,11H2,2H3. The number of thiocarbonyl (C=S) groups is 1. The zero-order valence-electron chi connectivity index (χ0n) is 13.5. The summed E-state index contributed by atoms with van der Waals surface area (Å²) in [6, 6.07) is 13.1. The first-order chi connectivity index (χ1) is 12.0. The fraction of sp³-hybridized carbons (Fsp3) is 0.150. The van der Waals surface area contributed by atoms with Crippen LogP contribution in [0.2, 0.25) is 5.02 Å². The molecule has 1 aliphatic rings. The highest BCUT2D eigenvalue weighted by Gasteiger charge is 2.34. The molecule has 3 rings (SSSR count). The predicted molar refractivity (Wildman–Crippen MR) is 107 cm³/mol. The molecule has 1 atom stereocenters. The van der Waals surface area contributed by atoms with Crippen molar-refractivity contribution in [3.05, 3.63) is 76.5 Å². The third-order valence-electron chi connectivity index (χ3n) is 3.96.